The summed E-state index contributed by atoms with van der Waals surface area (Å²) in [6.07, 6.45) is 1.76. The Morgan fingerprint density at radius 1 is 1.27 bits per heavy atom. The summed E-state index contributed by atoms with van der Waals surface area (Å²) in [5, 5.41) is 3.27. The van der Waals surface area contributed by atoms with Crippen LogP contribution in [0.5, 0.6) is 5.75 Å². The van der Waals surface area contributed by atoms with Crippen molar-refractivity contribution in [2.24, 2.45) is 5.92 Å². The van der Waals surface area contributed by atoms with Crippen LogP contribution in [0.4, 0.5) is 0 Å². The van der Waals surface area contributed by atoms with Gasteiger partial charge >= 0.3 is 0 Å². The van der Waals surface area contributed by atoms with Crippen LogP contribution < -0.4 is 10.1 Å². The quantitative estimate of drug-likeness (QED) is 0.832. The number of H-pyrrole nitrogens is 1. The van der Waals surface area contributed by atoms with Gasteiger partial charge in [-0.05, 0) is 37.2 Å². The third kappa shape index (κ3) is 3.98. The fourth-order valence-corrected chi connectivity index (χ4v) is 3.49. The molecule has 1 aromatic heterocycles. The number of rotatable bonds is 3. The van der Waals surface area contributed by atoms with Crippen molar-refractivity contribution in [3.8, 4) is 17.1 Å². The molecule has 1 aromatic carbocycles. The average molecular weight is 399 g/mol. The van der Waals surface area contributed by atoms with E-state index < -0.39 is 0 Å². The van der Waals surface area contributed by atoms with Crippen molar-refractivity contribution in [1.82, 2.24) is 20.2 Å². The van der Waals surface area contributed by atoms with E-state index in [4.69, 9.17) is 9.72 Å². The summed E-state index contributed by atoms with van der Waals surface area (Å²) >= 11 is 0. The first kappa shape index (κ1) is 20.6. The number of ether oxygens (including phenoxy) is 1. The molecule has 3 heterocycles. The van der Waals surface area contributed by atoms with Crippen LogP contribution in [0.3, 0.4) is 0 Å². The molecule has 1 saturated heterocycles. The van der Waals surface area contributed by atoms with Gasteiger partial charge in [0.2, 0.25) is 5.91 Å². The molecular formula is C18H24Cl2N4O2. The standard InChI is InChI=1S/C18H22N4O2.2ClH/c1-24-14-4-2-12(3-5-14)17-20-15-7-9-22(11-16(15)21-17)18(23)13-6-8-19-10-13;;/h2-5,13,19H,6-11H2,1H3,(H,20,21);2*1H. The van der Waals surface area contributed by atoms with Gasteiger partial charge in [0.1, 0.15) is 11.6 Å². The minimum Gasteiger partial charge on any atom is -0.497 e. The van der Waals surface area contributed by atoms with E-state index >= 15 is 0 Å². The molecule has 2 aliphatic rings. The zero-order valence-electron chi connectivity index (χ0n) is 14.7. The Bertz CT molecular complexity index is 742. The Kier molecular flexibility index (Phi) is 6.92. The third-order valence-electron chi connectivity index (χ3n) is 4.92. The molecule has 2 N–H and O–H groups in total. The second-order valence-electron chi connectivity index (χ2n) is 6.44. The number of halogens is 2. The number of fused-ring (bicyclic) bond motifs is 1. The summed E-state index contributed by atoms with van der Waals surface area (Å²) in [4.78, 5) is 22.7. The molecule has 1 fully saturated rings. The molecular weight excluding hydrogens is 375 g/mol. The van der Waals surface area contributed by atoms with E-state index in [9.17, 15) is 4.79 Å². The number of nitrogens with one attached hydrogen (secondary N) is 2. The Labute approximate surface area is 165 Å². The number of carbonyl (C=O) groups is 1. The first-order valence-corrected chi connectivity index (χ1v) is 8.46. The Morgan fingerprint density at radius 2 is 2.04 bits per heavy atom. The van der Waals surface area contributed by atoms with Crippen LogP contribution in [0.2, 0.25) is 0 Å². The molecule has 8 heteroatoms. The predicted molar refractivity (Wildman–Crippen MR) is 105 cm³/mol. The second kappa shape index (κ2) is 8.75. The van der Waals surface area contributed by atoms with E-state index in [0.29, 0.717) is 6.54 Å². The van der Waals surface area contributed by atoms with Gasteiger partial charge in [-0.2, -0.15) is 0 Å². The normalized spacial score (nSPS) is 18.5. The maximum atomic E-state index is 12.6. The maximum absolute atomic E-state index is 12.6. The summed E-state index contributed by atoms with van der Waals surface area (Å²) in [5.74, 6) is 2.10. The zero-order chi connectivity index (χ0) is 16.5. The Morgan fingerprint density at radius 3 is 2.69 bits per heavy atom. The van der Waals surface area contributed by atoms with Crippen LogP contribution in [-0.2, 0) is 17.8 Å². The van der Waals surface area contributed by atoms with Crippen LogP contribution in [-0.4, -0.2) is 47.5 Å². The van der Waals surface area contributed by atoms with Crippen LogP contribution >= 0.6 is 24.8 Å². The Hall–Kier alpha value is -1.76. The van der Waals surface area contributed by atoms with E-state index in [1.807, 2.05) is 29.2 Å². The molecule has 0 bridgehead atoms. The summed E-state index contributed by atoms with van der Waals surface area (Å²) in [6, 6.07) is 7.85. The molecule has 4 rings (SSSR count). The van der Waals surface area contributed by atoms with Crippen LogP contribution in [0.25, 0.3) is 11.4 Å². The number of aromatic nitrogens is 2. The number of aromatic amines is 1. The van der Waals surface area contributed by atoms with Gasteiger partial charge in [0.25, 0.3) is 0 Å². The van der Waals surface area contributed by atoms with Gasteiger partial charge < -0.3 is 19.9 Å². The second-order valence-corrected chi connectivity index (χ2v) is 6.44. The van der Waals surface area contributed by atoms with E-state index in [-0.39, 0.29) is 36.6 Å². The molecule has 6 nitrogen and oxygen atoms in total. The average Bonchev–Trinajstić information content (AvgIpc) is 3.30. The smallest absolute Gasteiger partial charge is 0.227 e. The minimum atomic E-state index is 0. The van der Waals surface area contributed by atoms with Crippen molar-refractivity contribution >= 4 is 30.7 Å². The van der Waals surface area contributed by atoms with Gasteiger partial charge in [-0.25, -0.2) is 4.98 Å². The number of amides is 1. The molecule has 1 atom stereocenters. The van der Waals surface area contributed by atoms with E-state index in [2.05, 4.69) is 10.3 Å². The summed E-state index contributed by atoms with van der Waals surface area (Å²) in [7, 11) is 1.66. The lowest BCUT2D eigenvalue weighted by Gasteiger charge is -2.28. The van der Waals surface area contributed by atoms with Crippen molar-refractivity contribution < 1.29 is 9.53 Å². The van der Waals surface area contributed by atoms with Gasteiger partial charge in [-0.1, -0.05) is 0 Å². The van der Waals surface area contributed by atoms with Crippen molar-refractivity contribution in [3.63, 3.8) is 0 Å². The van der Waals surface area contributed by atoms with Gasteiger partial charge in [-0.3, -0.25) is 4.79 Å². The predicted octanol–water partition coefficient (Wildman–Crippen LogP) is 2.42. The highest BCUT2D eigenvalue weighted by atomic mass is 35.5. The zero-order valence-corrected chi connectivity index (χ0v) is 16.3. The van der Waals surface area contributed by atoms with Crippen molar-refractivity contribution in [2.45, 2.75) is 19.4 Å². The number of benzene rings is 1. The molecule has 0 aliphatic carbocycles. The molecule has 2 aromatic rings. The Balaban J connectivity index is 0.00000121. The van der Waals surface area contributed by atoms with Crippen LogP contribution in [0.1, 0.15) is 17.8 Å². The number of imidazole rings is 1. The molecule has 26 heavy (non-hydrogen) atoms. The van der Waals surface area contributed by atoms with Crippen LogP contribution in [0.15, 0.2) is 24.3 Å². The summed E-state index contributed by atoms with van der Waals surface area (Å²) in [6.45, 7) is 3.15. The third-order valence-corrected chi connectivity index (χ3v) is 4.92. The van der Waals surface area contributed by atoms with Crippen molar-refractivity contribution in [2.75, 3.05) is 26.7 Å². The molecule has 0 saturated carbocycles. The summed E-state index contributed by atoms with van der Waals surface area (Å²) in [5.41, 5.74) is 3.17. The highest BCUT2D eigenvalue weighted by Crippen LogP contribution is 2.25. The first-order chi connectivity index (χ1) is 11.7. The van der Waals surface area contributed by atoms with Gasteiger partial charge in [0.05, 0.1) is 31.0 Å². The molecule has 0 radical (unpaired) electrons. The summed E-state index contributed by atoms with van der Waals surface area (Å²) < 4.78 is 5.20. The van der Waals surface area contributed by atoms with Crippen molar-refractivity contribution in [1.29, 1.82) is 0 Å². The fourth-order valence-electron chi connectivity index (χ4n) is 3.49. The van der Waals surface area contributed by atoms with E-state index in [0.717, 1.165) is 61.0 Å². The molecule has 2 aliphatic heterocycles. The minimum absolute atomic E-state index is 0. The van der Waals surface area contributed by atoms with Gasteiger partial charge in [0.15, 0.2) is 0 Å². The SMILES string of the molecule is COc1ccc(-c2nc3c([nH]2)CN(C(=O)C2CCNC2)CC3)cc1.Cl.Cl. The maximum Gasteiger partial charge on any atom is 0.227 e. The lowest BCUT2D eigenvalue weighted by Crippen LogP contribution is -2.40. The monoisotopic (exact) mass is 398 g/mol. The molecule has 142 valence electrons. The van der Waals surface area contributed by atoms with E-state index in [1.165, 1.54) is 0 Å². The lowest BCUT2D eigenvalue weighted by molar-refractivity contribution is -0.135. The first-order valence-electron chi connectivity index (χ1n) is 8.46. The number of hydrogen-bond acceptors (Lipinski definition) is 4. The van der Waals surface area contributed by atoms with Crippen molar-refractivity contribution in [3.05, 3.63) is 35.7 Å². The highest BCUT2D eigenvalue weighted by Gasteiger charge is 2.30. The number of carbonyl (C=O) groups excluding carboxylic acids is 1. The largest absolute Gasteiger partial charge is 0.497 e. The molecule has 1 amide bonds. The van der Waals surface area contributed by atoms with Gasteiger partial charge in [0, 0.05) is 25.1 Å². The number of nitrogens with zero attached hydrogens (tertiary/aromatic N) is 2. The van der Waals surface area contributed by atoms with Crippen LogP contribution in [0, 0.1) is 5.92 Å². The number of methoxy groups -OCH3 is 1. The molecule has 0 spiro atoms. The number of hydrogen-bond donors (Lipinski definition) is 2. The topological polar surface area (TPSA) is 70.2 Å². The molecule has 1 unspecified atom stereocenters. The van der Waals surface area contributed by atoms with E-state index in [1.54, 1.807) is 7.11 Å². The lowest BCUT2D eigenvalue weighted by atomic mass is 10.0. The fraction of sp³-hybridized carbons (Fsp3) is 0.444. The highest BCUT2D eigenvalue weighted by molar-refractivity contribution is 5.85. The van der Waals surface area contributed by atoms with Gasteiger partial charge in [-0.15, -0.1) is 24.8 Å².